The summed E-state index contributed by atoms with van der Waals surface area (Å²) in [5.74, 6) is 3.25. The summed E-state index contributed by atoms with van der Waals surface area (Å²) in [4.78, 5) is 27.4. The molecule has 0 amide bonds. The number of ether oxygens (including phenoxy) is 2. The molecule has 0 spiro atoms. The van der Waals surface area contributed by atoms with E-state index in [1.165, 1.54) is 0 Å². The van der Waals surface area contributed by atoms with Crippen molar-refractivity contribution in [2.24, 2.45) is 10.7 Å². The summed E-state index contributed by atoms with van der Waals surface area (Å²) in [6.45, 7) is 8.15. The van der Waals surface area contributed by atoms with E-state index in [9.17, 15) is 0 Å². The van der Waals surface area contributed by atoms with E-state index in [0.29, 0.717) is 49.5 Å². The molecule has 0 radical (unpaired) electrons. The molecule has 3 aromatic rings. The van der Waals surface area contributed by atoms with Crippen LogP contribution in [-0.2, 0) is 0 Å². The highest BCUT2D eigenvalue weighted by Crippen LogP contribution is 2.34. The second-order valence-corrected chi connectivity index (χ2v) is 9.22. The van der Waals surface area contributed by atoms with Crippen molar-refractivity contribution in [2.75, 3.05) is 76.8 Å². The maximum atomic E-state index is 9.14. The molecule has 2 aliphatic rings. The van der Waals surface area contributed by atoms with Crippen molar-refractivity contribution in [1.29, 1.82) is 10.7 Å². The van der Waals surface area contributed by atoms with Crippen LogP contribution in [0, 0.1) is 23.8 Å². The van der Waals surface area contributed by atoms with Gasteiger partial charge in [0.2, 0.25) is 12.2 Å². The van der Waals surface area contributed by atoms with Crippen molar-refractivity contribution in [1.82, 2.24) is 35.1 Å². The van der Waals surface area contributed by atoms with E-state index in [1.807, 2.05) is 35.0 Å². The summed E-state index contributed by atoms with van der Waals surface area (Å²) in [7, 11) is 3.20. The molecular weight excluding hydrogens is 526 g/mol. The van der Waals surface area contributed by atoms with Gasteiger partial charge in [-0.3, -0.25) is 10.4 Å². The highest BCUT2D eigenvalue weighted by molar-refractivity contribution is 5.94. The summed E-state index contributed by atoms with van der Waals surface area (Å²) >= 11 is 0. The molecule has 216 valence electrons. The first-order chi connectivity index (χ1) is 19.9. The first kappa shape index (κ1) is 29.0. The lowest BCUT2D eigenvalue weighted by molar-refractivity contribution is 0.352. The molecule has 41 heavy (non-hydrogen) atoms. The number of nitrogens with zero attached hydrogens (tertiary/aromatic N) is 9. The molecule has 5 rings (SSSR count). The van der Waals surface area contributed by atoms with Crippen LogP contribution in [0.2, 0.25) is 0 Å². The first-order valence-electron chi connectivity index (χ1n) is 13.1. The van der Waals surface area contributed by atoms with Gasteiger partial charge in [-0.2, -0.15) is 5.26 Å². The van der Waals surface area contributed by atoms with Crippen LogP contribution in [0.3, 0.4) is 0 Å². The molecule has 0 atom stereocenters. The molecule has 2 aliphatic heterocycles. The Kier molecular flexibility index (Phi) is 9.84. The van der Waals surface area contributed by atoms with Gasteiger partial charge in [0.05, 0.1) is 37.8 Å². The van der Waals surface area contributed by atoms with E-state index in [0.717, 1.165) is 48.6 Å². The Bertz CT molecular complexity index is 1390. The second kappa shape index (κ2) is 13.9. The van der Waals surface area contributed by atoms with Crippen molar-refractivity contribution < 1.29 is 9.47 Å². The summed E-state index contributed by atoms with van der Waals surface area (Å²) in [5, 5.41) is 23.4. The highest BCUT2D eigenvalue weighted by atomic mass is 16.5. The van der Waals surface area contributed by atoms with Gasteiger partial charge in [-0.15, -0.1) is 4.99 Å². The summed E-state index contributed by atoms with van der Waals surface area (Å²) in [6, 6.07) is 3.75. The van der Waals surface area contributed by atoms with E-state index in [4.69, 9.17) is 25.9 Å². The van der Waals surface area contributed by atoms with Crippen LogP contribution in [0.15, 0.2) is 35.8 Å². The molecular formula is C26H35N13O2. The maximum absolute atomic E-state index is 9.14. The average molecular weight is 562 g/mol. The van der Waals surface area contributed by atoms with Crippen LogP contribution in [0.1, 0.15) is 5.69 Å². The number of guanidine groups is 2. The fourth-order valence-corrected chi connectivity index (χ4v) is 4.45. The third-order valence-corrected chi connectivity index (χ3v) is 6.63. The van der Waals surface area contributed by atoms with Gasteiger partial charge in [0, 0.05) is 63.8 Å². The van der Waals surface area contributed by atoms with Crippen LogP contribution in [0.5, 0.6) is 11.5 Å². The lowest BCUT2D eigenvalue weighted by atomic mass is 10.2. The number of nitrogens with one attached hydrogen (secondary N) is 3. The number of hydrogen-bond donors (Lipinski definition) is 4. The highest BCUT2D eigenvalue weighted by Gasteiger charge is 2.23. The molecule has 0 unspecified atom stereocenters. The minimum absolute atomic E-state index is 0.191. The molecule has 15 heteroatoms. The Morgan fingerprint density at radius 1 is 1.00 bits per heavy atom. The van der Waals surface area contributed by atoms with Gasteiger partial charge in [-0.1, -0.05) is 0 Å². The number of aliphatic imine (C=N–C) groups is 1. The Labute approximate surface area is 238 Å². The molecule has 15 nitrogen and oxygen atoms in total. The number of piperazine rings is 2. The smallest absolute Gasteiger partial charge is 0.215 e. The zero-order valence-electron chi connectivity index (χ0n) is 23.5. The number of benzene rings is 1. The molecule has 5 N–H and O–H groups in total. The molecule has 2 saturated heterocycles. The second-order valence-electron chi connectivity index (χ2n) is 9.22. The van der Waals surface area contributed by atoms with Crippen molar-refractivity contribution in [2.45, 2.75) is 6.92 Å². The van der Waals surface area contributed by atoms with E-state index >= 15 is 0 Å². The van der Waals surface area contributed by atoms with Gasteiger partial charge in [0.15, 0.2) is 23.3 Å². The summed E-state index contributed by atoms with van der Waals surface area (Å²) < 4.78 is 10.8. The van der Waals surface area contributed by atoms with E-state index in [-0.39, 0.29) is 5.96 Å². The van der Waals surface area contributed by atoms with E-state index in [2.05, 4.69) is 40.5 Å². The molecule has 0 bridgehead atoms. The molecule has 4 heterocycles. The van der Waals surface area contributed by atoms with Crippen LogP contribution in [0.4, 0.5) is 11.6 Å². The number of rotatable bonds is 4. The minimum atomic E-state index is 0.191. The number of hydrogen-bond acceptors (Lipinski definition) is 11. The van der Waals surface area contributed by atoms with Crippen molar-refractivity contribution in [3.63, 3.8) is 0 Å². The average Bonchev–Trinajstić information content (AvgIpc) is 3.01. The number of nitriles is 1. The fourth-order valence-electron chi connectivity index (χ4n) is 4.45. The third kappa shape index (κ3) is 7.37. The lowest BCUT2D eigenvalue weighted by Crippen LogP contribution is -2.51. The quantitative estimate of drug-likeness (QED) is 0.197. The summed E-state index contributed by atoms with van der Waals surface area (Å²) in [6.07, 6.45) is 6.69. The van der Waals surface area contributed by atoms with Crippen LogP contribution in [0.25, 0.3) is 10.9 Å². The van der Waals surface area contributed by atoms with Crippen molar-refractivity contribution in [3.8, 4) is 17.7 Å². The Morgan fingerprint density at radius 2 is 1.71 bits per heavy atom. The SMILES string of the molecule is COc1cc2ncnc(N3CCN(/C(=N/C#N)Nc4cnc(C)cn4)CC3)c2cc1OC.N=C(N)N1CCNCC1. The number of anilines is 2. The van der Waals surface area contributed by atoms with Crippen molar-refractivity contribution in [3.05, 3.63) is 36.5 Å². The zero-order chi connectivity index (χ0) is 29.2. The van der Waals surface area contributed by atoms with Crippen LogP contribution < -0.4 is 30.7 Å². The Hall–Kier alpha value is -4.97. The van der Waals surface area contributed by atoms with Gasteiger partial charge in [0.1, 0.15) is 12.1 Å². The molecule has 2 fully saturated rings. The largest absolute Gasteiger partial charge is 0.493 e. The lowest BCUT2D eigenvalue weighted by Gasteiger charge is -2.37. The predicted molar refractivity (Wildman–Crippen MR) is 156 cm³/mol. The molecule has 0 aliphatic carbocycles. The number of aryl methyl sites for hydroxylation is 1. The van der Waals surface area contributed by atoms with Gasteiger partial charge < -0.3 is 40.5 Å². The van der Waals surface area contributed by atoms with Gasteiger partial charge in [-0.25, -0.2) is 15.0 Å². The monoisotopic (exact) mass is 561 g/mol. The van der Waals surface area contributed by atoms with E-state index in [1.54, 1.807) is 32.9 Å². The first-order valence-corrected chi connectivity index (χ1v) is 13.1. The standard InChI is InChI=1S/C21H23N9O2.C5H12N4/c1-14-10-24-19(11-23-14)28-21(25-12-22)30-6-4-29(5-7-30)20-15-8-17(31-2)18(32-3)9-16(15)26-13-27-20;6-5(7)9-3-1-8-2-4-9/h8-11,13H,4-7H2,1-3H3,(H,24,25,28);8H,1-4H2,(H3,6,7). The molecule has 0 saturated carbocycles. The predicted octanol–water partition coefficient (Wildman–Crippen LogP) is 0.602. The van der Waals surface area contributed by atoms with E-state index < -0.39 is 0 Å². The Balaban J connectivity index is 0.000000367. The van der Waals surface area contributed by atoms with Crippen molar-refractivity contribution >= 4 is 34.5 Å². The third-order valence-electron chi connectivity index (χ3n) is 6.63. The topological polar surface area (TPSA) is 190 Å². The summed E-state index contributed by atoms with van der Waals surface area (Å²) in [5.41, 5.74) is 6.84. The minimum Gasteiger partial charge on any atom is -0.493 e. The molecule has 2 aromatic heterocycles. The van der Waals surface area contributed by atoms with Gasteiger partial charge in [0.25, 0.3) is 0 Å². The maximum Gasteiger partial charge on any atom is 0.215 e. The van der Waals surface area contributed by atoms with Gasteiger partial charge in [-0.05, 0) is 13.0 Å². The number of aromatic nitrogens is 4. The number of methoxy groups -OCH3 is 2. The normalized spacial score (nSPS) is 15.5. The zero-order valence-corrected chi connectivity index (χ0v) is 23.5. The van der Waals surface area contributed by atoms with Crippen LogP contribution >= 0.6 is 0 Å². The van der Waals surface area contributed by atoms with Crippen LogP contribution in [-0.4, -0.2) is 108 Å². The number of fused-ring (bicyclic) bond motifs is 1. The van der Waals surface area contributed by atoms with Gasteiger partial charge >= 0.3 is 0 Å². The Morgan fingerprint density at radius 3 is 2.29 bits per heavy atom. The molecule has 1 aromatic carbocycles. The number of nitrogens with two attached hydrogens (primary N) is 1. The fraction of sp³-hybridized carbons (Fsp3) is 0.423.